The summed E-state index contributed by atoms with van der Waals surface area (Å²) >= 11 is 0. The average molecular weight is 241 g/mol. The number of nitro groups is 1. The van der Waals surface area contributed by atoms with Crippen LogP contribution in [0, 0.1) is 21.8 Å². The zero-order valence-electron chi connectivity index (χ0n) is 9.89. The Bertz CT molecular complexity index is 407. The van der Waals surface area contributed by atoms with Crippen LogP contribution in [0.1, 0.15) is 25.8 Å². The van der Waals surface area contributed by atoms with Gasteiger partial charge in [-0.3, -0.25) is 10.1 Å². The van der Waals surface area contributed by atoms with E-state index in [1.807, 2.05) is 13.8 Å². The molecule has 94 valence electrons. The smallest absolute Gasteiger partial charge is 0.272 e. The van der Waals surface area contributed by atoms with Gasteiger partial charge in [0.1, 0.15) is 5.82 Å². The van der Waals surface area contributed by atoms with E-state index in [1.54, 1.807) is 0 Å². The number of nitro benzene ring substituents is 1. The quantitative estimate of drug-likeness (QED) is 0.636. The number of non-ortho nitro benzene ring substituents is 1. The first-order chi connectivity index (χ1) is 7.90. The van der Waals surface area contributed by atoms with E-state index in [0.717, 1.165) is 6.07 Å². The minimum Gasteiger partial charge on any atom is -0.393 e. The molecule has 0 spiro atoms. The third-order valence-corrected chi connectivity index (χ3v) is 2.65. The van der Waals surface area contributed by atoms with Gasteiger partial charge in [-0.05, 0) is 30.4 Å². The number of rotatable bonds is 5. The van der Waals surface area contributed by atoms with Gasteiger partial charge in [-0.2, -0.15) is 0 Å². The van der Waals surface area contributed by atoms with Crippen molar-refractivity contribution in [3.63, 3.8) is 0 Å². The fraction of sp³-hybridized carbons (Fsp3) is 0.500. The molecule has 0 saturated carbocycles. The van der Waals surface area contributed by atoms with Crippen LogP contribution in [0.5, 0.6) is 0 Å². The lowest BCUT2D eigenvalue weighted by atomic mass is 9.99. The van der Waals surface area contributed by atoms with Crippen molar-refractivity contribution in [2.24, 2.45) is 5.92 Å². The standard InChI is InChI=1S/C12H16FNO3/c1-8(2)12(15)4-3-9-5-10(13)7-11(6-9)14(16)17/h5-8,12,15H,3-4H2,1-2H3. The number of halogens is 1. The number of aryl methyl sites for hydroxylation is 1. The van der Waals surface area contributed by atoms with Crippen LogP contribution in [0.25, 0.3) is 0 Å². The molecule has 0 aliphatic carbocycles. The molecule has 0 heterocycles. The molecule has 1 aromatic carbocycles. The van der Waals surface area contributed by atoms with E-state index < -0.39 is 16.8 Å². The molecule has 1 rings (SSSR count). The molecule has 1 unspecified atom stereocenters. The Kier molecular flexibility index (Phi) is 4.57. The summed E-state index contributed by atoms with van der Waals surface area (Å²) < 4.78 is 13.1. The Morgan fingerprint density at radius 1 is 1.41 bits per heavy atom. The van der Waals surface area contributed by atoms with Gasteiger partial charge in [0, 0.05) is 6.07 Å². The summed E-state index contributed by atoms with van der Waals surface area (Å²) in [5.74, 6) is -0.494. The number of aliphatic hydroxyl groups is 1. The summed E-state index contributed by atoms with van der Waals surface area (Å²) in [5, 5.41) is 20.1. The fourth-order valence-corrected chi connectivity index (χ4v) is 1.53. The SMILES string of the molecule is CC(C)C(O)CCc1cc(F)cc([N+](=O)[O-])c1. The third kappa shape index (κ3) is 4.11. The molecule has 0 radical (unpaired) electrons. The first-order valence-electron chi connectivity index (χ1n) is 5.52. The molecule has 0 aliphatic heterocycles. The topological polar surface area (TPSA) is 63.4 Å². The highest BCUT2D eigenvalue weighted by atomic mass is 19.1. The summed E-state index contributed by atoms with van der Waals surface area (Å²) in [6.45, 7) is 3.78. The number of aliphatic hydroxyl groups excluding tert-OH is 1. The van der Waals surface area contributed by atoms with Crippen molar-refractivity contribution in [1.29, 1.82) is 0 Å². The highest BCUT2D eigenvalue weighted by molar-refractivity contribution is 5.35. The molecule has 0 aromatic heterocycles. The predicted molar refractivity (Wildman–Crippen MR) is 62.2 cm³/mol. The Morgan fingerprint density at radius 2 is 2.06 bits per heavy atom. The van der Waals surface area contributed by atoms with Crippen LogP contribution in [0.4, 0.5) is 10.1 Å². The Morgan fingerprint density at radius 3 is 2.59 bits per heavy atom. The van der Waals surface area contributed by atoms with E-state index >= 15 is 0 Å². The Labute approximate surface area is 99.2 Å². The van der Waals surface area contributed by atoms with Crippen LogP contribution in [-0.2, 0) is 6.42 Å². The first kappa shape index (κ1) is 13.6. The summed E-state index contributed by atoms with van der Waals surface area (Å²) in [5.41, 5.74) is 0.287. The molecule has 5 heteroatoms. The largest absolute Gasteiger partial charge is 0.393 e. The molecule has 0 aliphatic rings. The summed E-state index contributed by atoms with van der Waals surface area (Å²) in [6.07, 6.45) is 0.424. The molecule has 0 amide bonds. The molecular weight excluding hydrogens is 225 g/mol. The molecule has 0 fully saturated rings. The van der Waals surface area contributed by atoms with Gasteiger partial charge >= 0.3 is 0 Å². The van der Waals surface area contributed by atoms with Crippen molar-refractivity contribution in [3.05, 3.63) is 39.7 Å². The molecule has 1 aromatic rings. The maximum Gasteiger partial charge on any atom is 0.272 e. The second kappa shape index (κ2) is 5.72. The highest BCUT2D eigenvalue weighted by Crippen LogP contribution is 2.18. The van der Waals surface area contributed by atoms with Gasteiger partial charge in [0.25, 0.3) is 5.69 Å². The highest BCUT2D eigenvalue weighted by Gasteiger charge is 2.12. The normalized spacial score (nSPS) is 12.8. The van der Waals surface area contributed by atoms with Crippen LogP contribution < -0.4 is 0 Å². The van der Waals surface area contributed by atoms with Gasteiger partial charge < -0.3 is 5.11 Å². The van der Waals surface area contributed by atoms with Gasteiger partial charge in [0.2, 0.25) is 0 Å². The van der Waals surface area contributed by atoms with E-state index in [9.17, 15) is 19.6 Å². The zero-order chi connectivity index (χ0) is 13.0. The van der Waals surface area contributed by atoms with Gasteiger partial charge in [-0.15, -0.1) is 0 Å². The lowest BCUT2D eigenvalue weighted by Crippen LogP contribution is -2.15. The van der Waals surface area contributed by atoms with Crippen LogP contribution >= 0.6 is 0 Å². The summed E-state index contributed by atoms with van der Waals surface area (Å²) in [7, 11) is 0. The number of benzene rings is 1. The number of hydrogen-bond acceptors (Lipinski definition) is 3. The van der Waals surface area contributed by atoms with Crippen LogP contribution in [0.15, 0.2) is 18.2 Å². The summed E-state index contributed by atoms with van der Waals surface area (Å²) in [6, 6.07) is 3.50. The molecule has 0 saturated heterocycles. The second-order valence-corrected chi connectivity index (χ2v) is 4.42. The third-order valence-electron chi connectivity index (χ3n) is 2.65. The minimum absolute atomic E-state index is 0.124. The van der Waals surface area contributed by atoms with Gasteiger partial charge in [-0.25, -0.2) is 4.39 Å². The van der Waals surface area contributed by atoms with Crippen molar-refractivity contribution in [2.75, 3.05) is 0 Å². The Hall–Kier alpha value is -1.49. The van der Waals surface area contributed by atoms with Crippen molar-refractivity contribution >= 4 is 5.69 Å². The Balaban J connectivity index is 2.74. The van der Waals surface area contributed by atoms with Crippen LogP contribution in [-0.4, -0.2) is 16.1 Å². The predicted octanol–water partition coefficient (Wildman–Crippen LogP) is 2.68. The summed E-state index contributed by atoms with van der Waals surface area (Å²) in [4.78, 5) is 9.92. The van der Waals surface area contributed by atoms with Gasteiger partial charge in [0.05, 0.1) is 17.1 Å². The zero-order valence-corrected chi connectivity index (χ0v) is 9.89. The van der Waals surface area contributed by atoms with Crippen molar-refractivity contribution in [1.82, 2.24) is 0 Å². The molecular formula is C12H16FNO3. The molecule has 17 heavy (non-hydrogen) atoms. The van der Waals surface area contributed by atoms with Crippen molar-refractivity contribution in [3.8, 4) is 0 Å². The number of nitrogens with zero attached hydrogens (tertiary/aromatic N) is 1. The maximum atomic E-state index is 13.1. The van der Waals surface area contributed by atoms with E-state index in [4.69, 9.17) is 0 Å². The van der Waals surface area contributed by atoms with E-state index in [0.29, 0.717) is 18.4 Å². The van der Waals surface area contributed by atoms with E-state index in [-0.39, 0.29) is 11.6 Å². The average Bonchev–Trinajstić information content (AvgIpc) is 2.24. The second-order valence-electron chi connectivity index (χ2n) is 4.42. The van der Waals surface area contributed by atoms with Crippen molar-refractivity contribution in [2.45, 2.75) is 32.8 Å². The van der Waals surface area contributed by atoms with Gasteiger partial charge in [0.15, 0.2) is 0 Å². The minimum atomic E-state index is -0.620. The van der Waals surface area contributed by atoms with Gasteiger partial charge in [-0.1, -0.05) is 13.8 Å². The lowest BCUT2D eigenvalue weighted by molar-refractivity contribution is -0.385. The first-order valence-corrected chi connectivity index (χ1v) is 5.52. The molecule has 0 bridgehead atoms. The van der Waals surface area contributed by atoms with E-state index in [2.05, 4.69) is 0 Å². The van der Waals surface area contributed by atoms with Crippen LogP contribution in [0.2, 0.25) is 0 Å². The molecule has 1 N–H and O–H groups in total. The molecule has 1 atom stereocenters. The van der Waals surface area contributed by atoms with Crippen LogP contribution in [0.3, 0.4) is 0 Å². The lowest BCUT2D eigenvalue weighted by Gasteiger charge is -2.13. The monoisotopic (exact) mass is 241 g/mol. The molecule has 4 nitrogen and oxygen atoms in total. The maximum absolute atomic E-state index is 13.1. The number of hydrogen-bond donors (Lipinski definition) is 1. The van der Waals surface area contributed by atoms with Crippen molar-refractivity contribution < 1.29 is 14.4 Å². The van der Waals surface area contributed by atoms with E-state index in [1.165, 1.54) is 12.1 Å². The fourth-order valence-electron chi connectivity index (χ4n) is 1.53.